The topological polar surface area (TPSA) is 273 Å². The Morgan fingerprint density at radius 1 is 1.12 bits per heavy atom. The summed E-state index contributed by atoms with van der Waals surface area (Å²) in [5.41, 5.74) is 12.9. The van der Waals surface area contributed by atoms with Gasteiger partial charge in [-0.25, -0.2) is 19.1 Å². The molecule has 25 heteroatoms. The number of hydrogen-bond acceptors (Lipinski definition) is 18. The monoisotopic (exact) mass is 828 g/mol. The number of nitrogens with two attached hydrogens (primary N) is 2. The highest BCUT2D eigenvalue weighted by Gasteiger charge is 2.53. The smallest absolute Gasteiger partial charge is 0.383 e. The molecule has 2 unspecified atom stereocenters. The number of aromatic nitrogens is 3. The van der Waals surface area contributed by atoms with Gasteiger partial charge in [0.1, 0.15) is 55.2 Å². The van der Waals surface area contributed by atoms with Crippen molar-refractivity contribution in [2.45, 2.75) is 69.0 Å². The molecule has 3 rings (SSSR count). The maximum atomic E-state index is 11.9. The van der Waals surface area contributed by atoms with Crippen LogP contribution in [-0.4, -0.2) is 92.3 Å². The molecule has 0 aromatic carbocycles. The minimum Gasteiger partial charge on any atom is -0.383 e. The van der Waals surface area contributed by atoms with E-state index in [-0.39, 0.29) is 34.3 Å². The van der Waals surface area contributed by atoms with Gasteiger partial charge in [-0.05, 0) is 18.2 Å². The van der Waals surface area contributed by atoms with E-state index in [0.717, 1.165) is 0 Å². The van der Waals surface area contributed by atoms with Gasteiger partial charge in [0.25, 0.3) is 0 Å². The zero-order valence-electron chi connectivity index (χ0n) is 27.1. The molecule has 49 heavy (non-hydrogen) atoms. The molecule has 0 bridgehead atoms. The van der Waals surface area contributed by atoms with E-state index in [1.807, 2.05) is 34.6 Å². The average molecular weight is 829 g/mol. The van der Waals surface area contributed by atoms with E-state index < -0.39 is 48.9 Å². The number of hydrogen-bond donors (Lipinski definition) is 7. The number of phosphoric acid groups is 2. The fourth-order valence-electron chi connectivity index (χ4n) is 3.89. The maximum absolute atomic E-state index is 11.9. The first-order valence-electron chi connectivity index (χ1n) is 14.2. The van der Waals surface area contributed by atoms with Crippen LogP contribution in [0.2, 0.25) is 0 Å². The normalized spacial score (nSPS) is 20.3. The largest absolute Gasteiger partial charge is 0.580 e. The molecule has 4 atom stereocenters. The molecule has 1 aliphatic rings. The summed E-state index contributed by atoms with van der Waals surface area (Å²) in [5, 5.41) is 0.482. The second kappa shape index (κ2) is 18.2. The summed E-state index contributed by atoms with van der Waals surface area (Å²) in [6.45, 7) is 10.2. The quantitative estimate of drug-likeness (QED) is 0.0365. The van der Waals surface area contributed by atoms with Crippen LogP contribution in [-0.2, 0) is 36.5 Å². The van der Waals surface area contributed by atoms with Gasteiger partial charge >= 0.3 is 23.8 Å². The standard InChI is InChI=1S/C24H40N5O13P3S4/c1-23(2,3)48-47-15-38-17-9-19(40-18(17)11-39-44(33,34)42-45(35,36)41-43(30,31)32)29-10-16(20-21(26)27-13-28-22(20)29)7-6-8-37-14-46-49-24(4,5)12-25/h10,13,17-19,33-34H,8-9,11-12,14-15,25H2,1-5H3,(H4-,26,27,28,30,31,32,35,36)/p+1/t17?,18-,19-/m1/s1. The number of ether oxygens (including phenoxy) is 3. The Morgan fingerprint density at radius 3 is 2.47 bits per heavy atom. The lowest BCUT2D eigenvalue weighted by molar-refractivity contribution is -0.0544. The van der Waals surface area contributed by atoms with Crippen LogP contribution >= 0.6 is 67.0 Å². The van der Waals surface area contributed by atoms with Crippen molar-refractivity contribution in [2.75, 3.05) is 37.4 Å². The highest BCUT2D eigenvalue weighted by Crippen LogP contribution is 2.69. The third kappa shape index (κ3) is 15.0. The Hall–Kier alpha value is -0.210. The van der Waals surface area contributed by atoms with Gasteiger partial charge in [0.05, 0.1) is 17.1 Å². The van der Waals surface area contributed by atoms with Gasteiger partial charge in [0.15, 0.2) is 0 Å². The maximum Gasteiger partial charge on any atom is 0.580 e. The van der Waals surface area contributed by atoms with Gasteiger partial charge in [-0.1, -0.05) is 75.8 Å². The van der Waals surface area contributed by atoms with Crippen molar-refractivity contribution >= 4 is 83.8 Å². The SMILES string of the molecule is CC(C)(C)SSCOC1C[C@H](n2cc(C#CCOCSSC(C)(C)CN)c3c(N)ncnc32)O[C@@H]1CO[P+](O)(O)OP(=O)(O)OP(=O)(O)O. The molecule has 3 heterocycles. The van der Waals surface area contributed by atoms with Crippen LogP contribution in [0.5, 0.6) is 0 Å². The van der Waals surface area contributed by atoms with Crippen molar-refractivity contribution in [3.8, 4) is 11.8 Å². The van der Waals surface area contributed by atoms with Crippen LogP contribution in [0.1, 0.15) is 52.8 Å². The molecule has 1 aliphatic heterocycles. The Balaban J connectivity index is 1.77. The van der Waals surface area contributed by atoms with Crippen LogP contribution < -0.4 is 11.5 Å². The Labute approximate surface area is 300 Å². The molecule has 2 aromatic heterocycles. The van der Waals surface area contributed by atoms with E-state index >= 15 is 0 Å². The molecule has 9 N–H and O–H groups in total. The lowest BCUT2D eigenvalue weighted by atomic mass is 10.2. The summed E-state index contributed by atoms with van der Waals surface area (Å²) in [4.78, 5) is 55.9. The minimum atomic E-state index is -5.64. The molecular formula is C24H41N5O13P3S4+. The van der Waals surface area contributed by atoms with Gasteiger partial charge in [-0.3, -0.25) is 4.89 Å². The van der Waals surface area contributed by atoms with Crippen LogP contribution in [0.4, 0.5) is 5.82 Å². The van der Waals surface area contributed by atoms with Crippen LogP contribution in [0, 0.1) is 11.8 Å². The number of nitrogen functional groups attached to an aromatic ring is 1. The third-order valence-electron chi connectivity index (χ3n) is 5.90. The van der Waals surface area contributed by atoms with E-state index in [1.165, 1.54) is 27.9 Å². The van der Waals surface area contributed by atoms with E-state index in [2.05, 4.69) is 30.4 Å². The molecule has 0 spiro atoms. The number of rotatable bonds is 18. The summed E-state index contributed by atoms with van der Waals surface area (Å²) >= 11 is 0. The highest BCUT2D eigenvalue weighted by molar-refractivity contribution is 8.77. The molecule has 0 aliphatic carbocycles. The van der Waals surface area contributed by atoms with Crippen LogP contribution in [0.15, 0.2) is 12.5 Å². The van der Waals surface area contributed by atoms with Gasteiger partial charge in [0, 0.05) is 28.7 Å². The van der Waals surface area contributed by atoms with E-state index in [1.54, 1.807) is 32.4 Å². The van der Waals surface area contributed by atoms with Crippen molar-refractivity contribution in [2.24, 2.45) is 5.73 Å². The highest BCUT2D eigenvalue weighted by atomic mass is 33.1. The molecule has 1 fully saturated rings. The second-order valence-electron chi connectivity index (χ2n) is 11.8. The fourth-order valence-corrected chi connectivity index (χ4v) is 11.1. The predicted octanol–water partition coefficient (Wildman–Crippen LogP) is 4.17. The van der Waals surface area contributed by atoms with Crippen molar-refractivity contribution in [1.82, 2.24) is 14.5 Å². The van der Waals surface area contributed by atoms with E-state index in [4.69, 9.17) is 40.0 Å². The molecule has 18 nitrogen and oxygen atoms in total. The molecule has 2 aromatic rings. The zero-order valence-corrected chi connectivity index (χ0v) is 33.1. The first-order chi connectivity index (χ1) is 22.6. The predicted molar refractivity (Wildman–Crippen MR) is 193 cm³/mol. The molecule has 1 saturated heterocycles. The van der Waals surface area contributed by atoms with Gasteiger partial charge in [0.2, 0.25) is 0 Å². The van der Waals surface area contributed by atoms with Gasteiger partial charge < -0.3 is 40.0 Å². The fraction of sp³-hybridized carbons (Fsp3) is 0.667. The zero-order chi connectivity index (χ0) is 36.7. The van der Waals surface area contributed by atoms with Crippen molar-refractivity contribution in [3.05, 3.63) is 18.1 Å². The minimum absolute atomic E-state index is 0.0563. The molecule has 0 radical (unpaired) electrons. The van der Waals surface area contributed by atoms with Crippen LogP contribution in [0.3, 0.4) is 0 Å². The van der Waals surface area contributed by atoms with Crippen molar-refractivity contribution < 1.29 is 61.0 Å². The second-order valence-corrected chi connectivity index (χ2v) is 22.2. The number of anilines is 1. The molecule has 0 amide bonds. The lowest BCUT2D eigenvalue weighted by Gasteiger charge is -2.20. The van der Waals surface area contributed by atoms with Gasteiger partial charge in [-0.2, -0.15) is 18.6 Å². The van der Waals surface area contributed by atoms with E-state index in [0.29, 0.717) is 29.1 Å². The lowest BCUT2D eigenvalue weighted by Crippen LogP contribution is -2.29. The summed E-state index contributed by atoms with van der Waals surface area (Å²) in [7, 11) is -10.1. The van der Waals surface area contributed by atoms with Crippen LogP contribution in [0.25, 0.3) is 11.0 Å². The summed E-state index contributed by atoms with van der Waals surface area (Å²) in [6, 6.07) is 0. The molecule has 278 valence electrons. The van der Waals surface area contributed by atoms with Crippen molar-refractivity contribution in [3.63, 3.8) is 0 Å². The number of fused-ring (bicyclic) bond motifs is 1. The Bertz CT molecular complexity index is 1570. The van der Waals surface area contributed by atoms with E-state index in [9.17, 15) is 23.8 Å². The third-order valence-corrected chi connectivity index (χ3v) is 15.7. The summed E-state index contributed by atoms with van der Waals surface area (Å²) in [5.74, 6) is 6.82. The summed E-state index contributed by atoms with van der Waals surface area (Å²) < 4.78 is 55.0. The molecule has 0 saturated carbocycles. The molecular weight excluding hydrogens is 787 g/mol. The Kier molecular flexibility index (Phi) is 16.1. The first kappa shape index (κ1) is 43.2. The Morgan fingerprint density at radius 2 is 1.82 bits per heavy atom. The number of nitrogens with zero attached hydrogens (tertiary/aromatic N) is 3. The average Bonchev–Trinajstić information content (AvgIpc) is 3.53. The van der Waals surface area contributed by atoms with Crippen molar-refractivity contribution in [1.29, 1.82) is 0 Å². The summed E-state index contributed by atoms with van der Waals surface area (Å²) in [6.07, 6.45) is 0.741. The van der Waals surface area contributed by atoms with Gasteiger partial charge in [-0.15, -0.1) is 0 Å². The first-order valence-corrected chi connectivity index (χ1v) is 23.4.